The fourth-order valence-electron chi connectivity index (χ4n) is 11.5. The third kappa shape index (κ3) is 12.9. The maximum Gasteiger partial charge on any atom is 0.187 e. The number of nitrogens with zero attached hydrogens (tertiary/aromatic N) is 7. The number of imidazole rings is 2. The number of hydrogen-bond donors (Lipinski definition) is 14. The third-order valence-corrected chi connectivity index (χ3v) is 16.5. The molecule has 3 aromatic carbocycles. The lowest BCUT2D eigenvalue weighted by atomic mass is 9.84. The van der Waals surface area contributed by atoms with Crippen molar-refractivity contribution in [2.24, 2.45) is 34.4 Å². The molecule has 454 valence electrons. The molecule has 1 aliphatic carbocycles. The Kier molecular flexibility index (Phi) is 19.1. The van der Waals surface area contributed by atoms with Crippen LogP contribution in [0.1, 0.15) is 32.4 Å². The summed E-state index contributed by atoms with van der Waals surface area (Å²) < 4.78 is 44.4. The van der Waals surface area contributed by atoms with Gasteiger partial charge in [-0.05, 0) is 93.4 Å². The number of nitrogens with one attached hydrogen (secondary N) is 2. The highest BCUT2D eigenvalue weighted by atomic mass is 16.8. The molecule has 20 N–H and O–H groups in total. The van der Waals surface area contributed by atoms with Crippen molar-refractivity contribution in [2.45, 2.75) is 156 Å². The summed E-state index contributed by atoms with van der Waals surface area (Å²) in [5.41, 5.74) is 44.4. The molecule has 11 rings (SSSR count). The Balaban J connectivity index is 0.00000769. The largest absolute Gasteiger partial charge is 0.494 e. The van der Waals surface area contributed by atoms with Crippen LogP contribution >= 0.6 is 0 Å². The second-order valence-corrected chi connectivity index (χ2v) is 22.2. The lowest BCUT2D eigenvalue weighted by molar-refractivity contribution is -0.306. The van der Waals surface area contributed by atoms with Crippen molar-refractivity contribution >= 4 is 27.8 Å². The number of anilines is 1. The molecule has 0 amide bonds. The van der Waals surface area contributed by atoms with Gasteiger partial charge in [-0.3, -0.25) is 0 Å². The molecule has 1 saturated carbocycles. The number of aromatic nitrogens is 7. The van der Waals surface area contributed by atoms with Crippen molar-refractivity contribution in [2.75, 3.05) is 57.8 Å². The van der Waals surface area contributed by atoms with Gasteiger partial charge in [0.25, 0.3) is 0 Å². The summed E-state index contributed by atoms with van der Waals surface area (Å²) in [5.74, 6) is 2.25. The van der Waals surface area contributed by atoms with Gasteiger partial charge < -0.3 is 118 Å². The lowest BCUT2D eigenvalue weighted by Gasteiger charge is -2.47. The smallest absolute Gasteiger partial charge is 0.187 e. The topological polar surface area (TPSA) is 437 Å². The van der Waals surface area contributed by atoms with E-state index in [0.717, 1.165) is 77.4 Å². The monoisotopic (exact) mass is 1160 g/mol. The minimum atomic E-state index is -1.62. The first kappa shape index (κ1) is 60.7. The molecule has 83 heavy (non-hydrogen) atoms. The summed E-state index contributed by atoms with van der Waals surface area (Å²) in [6.07, 6.45) is -16.3. The number of aliphatic hydroxyl groups excluding tert-OH is 6. The van der Waals surface area contributed by atoms with Gasteiger partial charge in [-0.25, -0.2) is 14.6 Å². The zero-order chi connectivity index (χ0) is 57.5. The first-order valence-electron chi connectivity index (χ1n) is 28.0. The molecule has 3 aromatic heterocycles. The Hall–Kier alpha value is -5.42. The lowest BCUT2D eigenvalue weighted by Crippen LogP contribution is -2.68. The van der Waals surface area contributed by atoms with E-state index in [-0.39, 0.29) is 33.5 Å². The van der Waals surface area contributed by atoms with E-state index in [0.29, 0.717) is 30.9 Å². The van der Waals surface area contributed by atoms with Gasteiger partial charge in [-0.15, -0.1) is 5.10 Å². The molecule has 0 radical (unpaired) electrons. The number of rotatable bonds is 19. The van der Waals surface area contributed by atoms with Crippen LogP contribution in [0.15, 0.2) is 66.9 Å². The number of hydrogen-bond acceptors (Lipinski definition) is 25. The molecule has 28 nitrogen and oxygen atoms in total. The molecule has 4 saturated heterocycles. The molecule has 0 bridgehead atoms. The van der Waals surface area contributed by atoms with Gasteiger partial charge >= 0.3 is 0 Å². The van der Waals surface area contributed by atoms with E-state index in [1.54, 1.807) is 6.20 Å². The number of benzene rings is 3. The van der Waals surface area contributed by atoms with Crippen LogP contribution in [0.5, 0.6) is 5.75 Å². The van der Waals surface area contributed by atoms with Crippen molar-refractivity contribution in [3.8, 4) is 28.5 Å². The van der Waals surface area contributed by atoms with Gasteiger partial charge in [0.1, 0.15) is 84.5 Å². The number of aryl methyl sites for hydroxylation is 1. The second-order valence-electron chi connectivity index (χ2n) is 22.2. The van der Waals surface area contributed by atoms with E-state index < -0.39 is 116 Å². The molecule has 0 spiro atoms. The maximum absolute atomic E-state index is 11.9. The molecule has 28 heteroatoms. The average Bonchev–Trinajstić information content (AvgIpc) is 4.52. The average molecular weight is 1160 g/mol. The number of likely N-dealkylation sites (N-methyl/N-ethyl adjacent to an activating group) is 1. The Labute approximate surface area is 479 Å². The SMILES string of the molecule is C.CN1CCN(c2ccc3nc(-c4ccc5nc(-c6ccc(OCCCCc7cn(C[C@H]8O[C@@H](O[C@@H]9C(O)[C@H](N)CC(N)[C@H]9O[C@@H]9OC(CN)[C@@H](O)[C@H](O)C9N)[C@@H](O)C8O[C@H]8O[C@@H](CN)[C@@H](O)C(O)C8N)nn7)cc6)[nH]c5c4)[nH]c3c2)CC1. The zero-order valence-electron chi connectivity index (χ0n) is 45.4. The van der Waals surface area contributed by atoms with E-state index >= 15 is 0 Å². The van der Waals surface area contributed by atoms with E-state index in [1.807, 2.05) is 36.4 Å². The van der Waals surface area contributed by atoms with Crippen LogP contribution in [0.25, 0.3) is 44.8 Å². The number of unbranched alkanes of at least 4 members (excludes halogenated alkanes) is 1. The van der Waals surface area contributed by atoms with Gasteiger partial charge in [0.05, 0.1) is 59.1 Å². The summed E-state index contributed by atoms with van der Waals surface area (Å²) in [6, 6.07) is 16.0. The molecule has 6 aromatic rings. The predicted molar refractivity (Wildman–Crippen MR) is 303 cm³/mol. The summed E-state index contributed by atoms with van der Waals surface area (Å²) in [7, 11) is 2.16. The van der Waals surface area contributed by atoms with Gasteiger partial charge in [-0.2, -0.15) is 0 Å². The number of ether oxygens (including phenoxy) is 7. The number of aromatic amines is 2. The zero-order valence-corrected chi connectivity index (χ0v) is 45.4. The number of piperazine rings is 1. The minimum Gasteiger partial charge on any atom is -0.494 e. The molecule has 4 aliphatic heterocycles. The van der Waals surface area contributed by atoms with Gasteiger partial charge in [0, 0.05) is 74.4 Å². The van der Waals surface area contributed by atoms with Gasteiger partial charge in [0.2, 0.25) is 0 Å². The van der Waals surface area contributed by atoms with Crippen molar-refractivity contribution in [3.63, 3.8) is 0 Å². The number of H-pyrrole nitrogens is 2. The molecule has 5 fully saturated rings. The van der Waals surface area contributed by atoms with E-state index in [2.05, 4.69) is 61.4 Å². The number of aliphatic hydroxyl groups is 6. The minimum absolute atomic E-state index is 0. The Morgan fingerprint density at radius 3 is 1.84 bits per heavy atom. The molecule has 5 aliphatic rings. The molecular weight excluding hydrogens is 1080 g/mol. The predicted octanol–water partition coefficient (Wildman–Crippen LogP) is -2.72. The molecule has 7 heterocycles. The van der Waals surface area contributed by atoms with Crippen molar-refractivity contribution in [3.05, 3.63) is 72.6 Å². The van der Waals surface area contributed by atoms with Crippen LogP contribution < -0.4 is 44.0 Å². The van der Waals surface area contributed by atoms with Gasteiger partial charge in [0.15, 0.2) is 18.9 Å². The molecular formula is C55H81N15O13. The highest BCUT2D eigenvalue weighted by molar-refractivity contribution is 5.87. The van der Waals surface area contributed by atoms with Crippen molar-refractivity contribution in [1.29, 1.82) is 0 Å². The highest BCUT2D eigenvalue weighted by Gasteiger charge is 2.55. The quantitative estimate of drug-likeness (QED) is 0.0366. The Morgan fingerprint density at radius 1 is 0.614 bits per heavy atom. The van der Waals surface area contributed by atoms with Gasteiger partial charge in [-0.1, -0.05) is 12.6 Å². The van der Waals surface area contributed by atoms with E-state index in [4.69, 9.17) is 77.5 Å². The van der Waals surface area contributed by atoms with E-state index in [1.165, 1.54) is 10.4 Å². The molecule has 7 unspecified atom stereocenters. The van der Waals surface area contributed by atoms with Crippen LogP contribution in [0, 0.1) is 0 Å². The number of fused-ring (bicyclic) bond motifs is 2. The van der Waals surface area contributed by atoms with Crippen LogP contribution in [0.2, 0.25) is 0 Å². The van der Waals surface area contributed by atoms with Crippen LogP contribution in [-0.4, -0.2) is 240 Å². The fourth-order valence-corrected chi connectivity index (χ4v) is 11.5. The highest BCUT2D eigenvalue weighted by Crippen LogP contribution is 2.36. The van der Waals surface area contributed by atoms with Crippen LogP contribution in [0.3, 0.4) is 0 Å². The van der Waals surface area contributed by atoms with Crippen molar-refractivity contribution in [1.82, 2.24) is 39.8 Å². The van der Waals surface area contributed by atoms with Crippen LogP contribution in [-0.2, 0) is 41.4 Å². The van der Waals surface area contributed by atoms with Crippen LogP contribution in [0.4, 0.5) is 5.69 Å². The second kappa shape index (κ2) is 26.1. The summed E-state index contributed by atoms with van der Waals surface area (Å²) in [6.45, 7) is 4.13. The summed E-state index contributed by atoms with van der Waals surface area (Å²) >= 11 is 0. The summed E-state index contributed by atoms with van der Waals surface area (Å²) in [4.78, 5) is 21.5. The Morgan fingerprint density at radius 2 is 1.19 bits per heavy atom. The third-order valence-electron chi connectivity index (χ3n) is 16.5. The first-order chi connectivity index (χ1) is 39.5. The first-order valence-corrected chi connectivity index (χ1v) is 28.0. The fraction of sp³-hybridized carbons (Fsp3) is 0.600. The normalized spacial score (nSPS) is 34.4. The van der Waals surface area contributed by atoms with E-state index in [9.17, 15) is 30.6 Å². The Bertz CT molecular complexity index is 3050. The standard InChI is InChI=1S/C54H77N15O13.CH4/c1-67-13-15-68(16-14-67)28-8-12-33-35(19-28)64-51(62-33)26-7-11-32-34(18-26)63-50(61-32)25-5-9-29(10-6-25)76-17-3-2-4-27-23-69(66-65-27)24-38-48(81-53-40(60)45(74)43(72)37(22-56)78-53)46(75)54(79-38)82-49-41(70)30(57)20-31(58)47(49)80-52-39(59)44(73)42(71)36(21-55)77-52;/h5-12,18-19,23,30-31,36-49,52-54,70-75H,2-4,13-17,20-22,24,55-60H2,1H3,(H,61,63)(H,62,64);1H4/t30-,31?,36?,37+,38-,39?,40?,41?,42-,43-,44-,45?,46+,47-,48?,49-,52+,53-,54+;/m1./s1. The summed E-state index contributed by atoms with van der Waals surface area (Å²) in [5, 5.41) is 74.6. The number of nitrogens with two attached hydrogens (primary N) is 6. The van der Waals surface area contributed by atoms with Crippen molar-refractivity contribution < 1.29 is 63.8 Å². The molecule has 19 atom stereocenters. The maximum atomic E-state index is 11.9.